The van der Waals surface area contributed by atoms with Crippen LogP contribution in [-0.4, -0.2) is 164 Å². The molecule has 47 heavy (non-hydrogen) atoms. The van der Waals surface area contributed by atoms with Crippen molar-refractivity contribution in [2.45, 2.75) is 97.8 Å². The summed E-state index contributed by atoms with van der Waals surface area (Å²) in [6.07, 6.45) is -22.1. The number of aliphatic hydroxyl groups is 8. The summed E-state index contributed by atoms with van der Waals surface area (Å²) in [4.78, 5) is 27.1. The molecular formula is C24H35N3Na2O18. The van der Waals surface area contributed by atoms with Gasteiger partial charge >= 0.3 is 59.1 Å². The molecule has 8 N–H and O–H groups in total. The quantitative estimate of drug-likeness (QED) is 0.0274. The topological polar surface area (TPSA) is 346 Å². The van der Waals surface area contributed by atoms with Crippen molar-refractivity contribution in [3.05, 3.63) is 23.1 Å². The number of nitrogens with zero attached hydrogens (tertiary/aromatic N) is 3. The van der Waals surface area contributed by atoms with Gasteiger partial charge in [0.2, 0.25) is 11.6 Å². The Balaban J connectivity index is 0.00000552. The van der Waals surface area contributed by atoms with E-state index in [0.717, 1.165) is 6.08 Å². The van der Waals surface area contributed by atoms with Crippen LogP contribution in [0, 0.1) is 0 Å². The second kappa shape index (κ2) is 19.2. The van der Waals surface area contributed by atoms with Crippen LogP contribution in [0.25, 0.3) is 10.4 Å². The molecule has 0 spiro atoms. The van der Waals surface area contributed by atoms with E-state index in [-0.39, 0.29) is 59.1 Å². The number of aliphatic hydroxyl groups excluding tert-OH is 8. The first-order valence-electron chi connectivity index (χ1n) is 13.5. The first-order chi connectivity index (χ1) is 21.2. The van der Waals surface area contributed by atoms with E-state index in [1.54, 1.807) is 0 Å². The van der Waals surface area contributed by atoms with Gasteiger partial charge < -0.3 is 89.1 Å². The Morgan fingerprint density at radius 3 is 2.13 bits per heavy atom. The Morgan fingerprint density at radius 1 is 0.979 bits per heavy atom. The fraction of sp³-hybridized carbons (Fsp3) is 0.833. The summed E-state index contributed by atoms with van der Waals surface area (Å²) in [6.45, 7) is 0.518. The number of carboxylic acid groups (broad SMARTS) is 2. The zero-order chi connectivity index (χ0) is 33.7. The fourth-order valence-electron chi connectivity index (χ4n) is 5.07. The van der Waals surface area contributed by atoms with Gasteiger partial charge in [-0.3, -0.25) is 0 Å². The third-order valence-corrected chi connectivity index (χ3v) is 7.48. The Labute approximate surface area is 310 Å². The Kier molecular flexibility index (Phi) is 18.1. The van der Waals surface area contributed by atoms with Gasteiger partial charge in [0.15, 0.2) is 6.29 Å². The van der Waals surface area contributed by atoms with E-state index in [9.17, 15) is 60.7 Å². The predicted molar refractivity (Wildman–Crippen MR) is 133 cm³/mol. The summed E-state index contributed by atoms with van der Waals surface area (Å²) < 4.78 is 31.9. The van der Waals surface area contributed by atoms with E-state index in [2.05, 4.69) is 16.6 Å². The molecule has 21 nitrogen and oxygen atoms in total. The minimum atomic E-state index is -3.08. The average Bonchev–Trinajstić information content (AvgIpc) is 3.00. The van der Waals surface area contributed by atoms with Crippen LogP contribution in [0.1, 0.15) is 12.8 Å². The van der Waals surface area contributed by atoms with Gasteiger partial charge in [0.1, 0.15) is 54.7 Å². The molecule has 0 aromatic rings. The van der Waals surface area contributed by atoms with Gasteiger partial charge in [-0.1, -0.05) is 11.2 Å². The van der Waals surface area contributed by atoms with Crippen LogP contribution in [0.4, 0.5) is 0 Å². The van der Waals surface area contributed by atoms with E-state index in [1.807, 2.05) is 0 Å². The number of hydrogen-bond donors (Lipinski definition) is 8. The van der Waals surface area contributed by atoms with Crippen LogP contribution in [0.2, 0.25) is 0 Å². The van der Waals surface area contributed by atoms with Gasteiger partial charge in [-0.25, -0.2) is 0 Å². The summed E-state index contributed by atoms with van der Waals surface area (Å²) in [5.74, 6) is -10.2. The molecule has 3 aliphatic rings. The maximum atomic E-state index is 12.3. The third kappa shape index (κ3) is 10.0. The minimum absolute atomic E-state index is 0. The van der Waals surface area contributed by atoms with Gasteiger partial charge in [0.25, 0.3) is 0 Å². The predicted octanol–water partition coefficient (Wildman–Crippen LogP) is -13.4. The van der Waals surface area contributed by atoms with Crippen molar-refractivity contribution in [3.8, 4) is 0 Å². The minimum Gasteiger partial charge on any atom is -0.544 e. The van der Waals surface area contributed by atoms with Gasteiger partial charge in [0, 0.05) is 17.8 Å². The molecular weight excluding hydrogens is 664 g/mol. The number of carbonyl (C=O) groups is 2. The molecule has 0 radical (unpaired) electrons. The van der Waals surface area contributed by atoms with Gasteiger partial charge in [-0.05, 0) is 5.53 Å². The van der Waals surface area contributed by atoms with E-state index < -0.39 is 136 Å². The third-order valence-electron chi connectivity index (χ3n) is 7.48. The van der Waals surface area contributed by atoms with Crippen molar-refractivity contribution < 1.29 is 148 Å². The fourth-order valence-corrected chi connectivity index (χ4v) is 5.07. The smallest absolute Gasteiger partial charge is 0.544 e. The molecule has 256 valence electrons. The Bertz CT molecular complexity index is 1110. The maximum absolute atomic E-state index is 12.3. The van der Waals surface area contributed by atoms with Gasteiger partial charge in [-0.15, -0.1) is 6.58 Å². The van der Waals surface area contributed by atoms with Crippen molar-refractivity contribution >= 4 is 11.9 Å². The second-order valence-electron chi connectivity index (χ2n) is 10.6. The van der Waals surface area contributed by atoms with Crippen molar-refractivity contribution in [2.75, 3.05) is 26.4 Å². The molecule has 3 rings (SSSR count). The normalized spacial score (nSPS) is 40.0. The van der Waals surface area contributed by atoms with Crippen molar-refractivity contribution in [1.29, 1.82) is 0 Å². The molecule has 3 saturated heterocycles. The molecule has 0 amide bonds. The molecule has 0 aliphatic carbocycles. The first kappa shape index (κ1) is 44.5. The number of azide groups is 1. The second-order valence-corrected chi connectivity index (χ2v) is 10.6. The van der Waals surface area contributed by atoms with Crippen molar-refractivity contribution in [2.24, 2.45) is 5.11 Å². The standard InChI is InChI=1S/C24H37N3O18.2Na/c1-2-3-42-23(21(36)37)5-13(43-24(22(38)39)4-10(29)15(33)18(45-24)11(30)6-28)16(34)19(44-23)12(31)8-41-20-17(35)14(32)9(7-40-20)26-27-25;;/h2,9-20,28-35H,1,3-8H2,(H,36,37)(H,38,39);;/q;2*+1/p-2/t9-,10+,11+,12+,13+,14-,15+,16+,17+,18+,19+,20+,23+,24+;;/m0../s1. The van der Waals surface area contributed by atoms with E-state index >= 15 is 0 Å². The Morgan fingerprint density at radius 2 is 1.57 bits per heavy atom. The van der Waals surface area contributed by atoms with Crippen LogP contribution in [0.5, 0.6) is 0 Å². The molecule has 0 saturated carbocycles. The molecule has 14 atom stereocenters. The van der Waals surface area contributed by atoms with Crippen molar-refractivity contribution in [1.82, 2.24) is 0 Å². The van der Waals surface area contributed by atoms with Crippen LogP contribution in [0.15, 0.2) is 17.8 Å². The molecule has 0 unspecified atom stereocenters. The summed E-state index contributed by atoms with van der Waals surface area (Å²) in [6, 6.07) is -1.17. The van der Waals surface area contributed by atoms with Gasteiger partial charge in [-0.2, -0.15) is 0 Å². The summed E-state index contributed by atoms with van der Waals surface area (Å²) in [5, 5.41) is 110. The zero-order valence-electron chi connectivity index (χ0n) is 25.5. The van der Waals surface area contributed by atoms with Crippen LogP contribution < -0.4 is 69.3 Å². The Hall–Kier alpha value is -0.570. The van der Waals surface area contributed by atoms with Crippen LogP contribution in [-0.2, 0) is 38.0 Å². The number of ether oxygens (including phenoxy) is 6. The first-order valence-corrected chi connectivity index (χ1v) is 13.5. The number of rotatable bonds is 14. The number of carboxylic acids is 2. The molecule has 0 bridgehead atoms. The van der Waals surface area contributed by atoms with Crippen LogP contribution in [0.3, 0.4) is 0 Å². The van der Waals surface area contributed by atoms with E-state index in [0.29, 0.717) is 0 Å². The summed E-state index contributed by atoms with van der Waals surface area (Å²) >= 11 is 0. The average molecular weight is 700 g/mol. The number of hydrogen-bond acceptors (Lipinski definition) is 19. The largest absolute Gasteiger partial charge is 1.00 e. The van der Waals surface area contributed by atoms with E-state index in [1.165, 1.54) is 0 Å². The SMILES string of the molecule is C=CCO[C@]1(C(=O)[O-])C[C@@H](O[C@]2(C(=O)[O-])C[C@@H](O)[C@@H](O)[C@@H]([C@H](O)CO)O2)[C@@H](O)[C@@H]([C@H](O)CO[C@H]2OC[C@H](N=[N+]=[N-])[C@H](O)[C@H]2O)O1.[Na+].[Na+]. The van der Waals surface area contributed by atoms with Crippen molar-refractivity contribution in [3.63, 3.8) is 0 Å². The molecule has 3 aliphatic heterocycles. The number of carbonyl (C=O) groups excluding carboxylic acids is 2. The molecule has 23 heteroatoms. The molecule has 0 aromatic heterocycles. The summed E-state index contributed by atoms with van der Waals surface area (Å²) in [7, 11) is 0. The molecule has 0 aromatic carbocycles. The maximum Gasteiger partial charge on any atom is 1.00 e. The summed E-state index contributed by atoms with van der Waals surface area (Å²) in [5.41, 5.74) is 8.56. The zero-order valence-corrected chi connectivity index (χ0v) is 29.5. The monoisotopic (exact) mass is 699 g/mol. The number of aliphatic carboxylic acids is 2. The molecule has 3 heterocycles. The van der Waals surface area contributed by atoms with E-state index in [4.69, 9.17) is 34.0 Å². The molecule has 3 fully saturated rings. The van der Waals surface area contributed by atoms with Gasteiger partial charge in [0.05, 0.1) is 50.8 Å². The van der Waals surface area contributed by atoms with Crippen LogP contribution >= 0.6 is 0 Å².